The number of rotatable bonds is 6. The lowest BCUT2D eigenvalue weighted by atomic mass is 10.1. The summed E-state index contributed by atoms with van der Waals surface area (Å²) < 4.78 is 10.3. The quantitative estimate of drug-likeness (QED) is 0.712. The Bertz CT molecular complexity index is 884. The number of hydrogen-bond donors (Lipinski definition) is 2. The Morgan fingerprint density at radius 2 is 1.58 bits per heavy atom. The summed E-state index contributed by atoms with van der Waals surface area (Å²) >= 11 is 0. The molecule has 0 spiro atoms. The van der Waals surface area contributed by atoms with Gasteiger partial charge in [-0.05, 0) is 48.9 Å². The van der Waals surface area contributed by atoms with E-state index in [-0.39, 0.29) is 12.3 Å². The molecule has 0 radical (unpaired) electrons. The molecule has 0 aliphatic rings. The molecule has 0 saturated heterocycles. The Labute approximate surface area is 152 Å². The van der Waals surface area contributed by atoms with Crippen molar-refractivity contribution in [2.45, 2.75) is 13.3 Å². The number of amides is 1. The van der Waals surface area contributed by atoms with Crippen LogP contribution in [0.3, 0.4) is 0 Å². The SMILES string of the molecule is COc1ccc(CC(=O)Nc2c(-c3ccc(OC)cc3)n[nH]c2C)cc1. The van der Waals surface area contributed by atoms with Gasteiger partial charge in [0, 0.05) is 5.56 Å². The van der Waals surface area contributed by atoms with Gasteiger partial charge >= 0.3 is 0 Å². The molecular weight excluding hydrogens is 330 g/mol. The van der Waals surface area contributed by atoms with E-state index in [1.54, 1.807) is 14.2 Å². The molecule has 2 N–H and O–H groups in total. The lowest BCUT2D eigenvalue weighted by molar-refractivity contribution is -0.115. The van der Waals surface area contributed by atoms with Crippen LogP contribution in [-0.4, -0.2) is 30.3 Å². The molecule has 0 aliphatic carbocycles. The molecule has 2 aromatic carbocycles. The zero-order valence-electron chi connectivity index (χ0n) is 15.0. The summed E-state index contributed by atoms with van der Waals surface area (Å²) in [6.07, 6.45) is 0.274. The van der Waals surface area contributed by atoms with Crippen LogP contribution in [0.5, 0.6) is 11.5 Å². The molecule has 0 bridgehead atoms. The summed E-state index contributed by atoms with van der Waals surface area (Å²) in [5.74, 6) is 1.43. The fourth-order valence-corrected chi connectivity index (χ4v) is 2.65. The van der Waals surface area contributed by atoms with Crippen molar-refractivity contribution in [3.8, 4) is 22.8 Å². The maximum Gasteiger partial charge on any atom is 0.228 e. The van der Waals surface area contributed by atoms with Crippen LogP contribution in [0.4, 0.5) is 5.69 Å². The van der Waals surface area contributed by atoms with E-state index in [4.69, 9.17) is 9.47 Å². The molecule has 1 amide bonds. The first-order chi connectivity index (χ1) is 12.6. The molecule has 0 fully saturated rings. The number of nitrogens with zero attached hydrogens (tertiary/aromatic N) is 1. The number of methoxy groups -OCH3 is 2. The standard InChI is InChI=1S/C20H21N3O3/c1-13-19(20(23-22-13)15-6-10-17(26-3)11-7-15)21-18(24)12-14-4-8-16(25-2)9-5-14/h4-11H,12H2,1-3H3,(H,21,24)(H,22,23). The van der Waals surface area contributed by atoms with Crippen LogP contribution in [0.15, 0.2) is 48.5 Å². The molecule has 0 unspecified atom stereocenters. The van der Waals surface area contributed by atoms with Gasteiger partial charge in [0.25, 0.3) is 0 Å². The van der Waals surface area contributed by atoms with E-state index in [9.17, 15) is 4.79 Å². The number of aromatic nitrogens is 2. The second kappa shape index (κ2) is 7.74. The van der Waals surface area contributed by atoms with E-state index in [1.807, 2.05) is 55.5 Å². The number of aromatic amines is 1. The van der Waals surface area contributed by atoms with Gasteiger partial charge in [0.2, 0.25) is 5.91 Å². The Kier molecular flexibility index (Phi) is 5.22. The van der Waals surface area contributed by atoms with E-state index >= 15 is 0 Å². The van der Waals surface area contributed by atoms with Crippen molar-refractivity contribution in [2.24, 2.45) is 0 Å². The fourth-order valence-electron chi connectivity index (χ4n) is 2.65. The number of benzene rings is 2. The Hall–Kier alpha value is -3.28. The summed E-state index contributed by atoms with van der Waals surface area (Å²) in [5.41, 5.74) is 4.01. The molecule has 1 heterocycles. The normalized spacial score (nSPS) is 10.4. The second-order valence-corrected chi connectivity index (χ2v) is 5.87. The highest BCUT2D eigenvalue weighted by Crippen LogP contribution is 2.29. The molecule has 6 nitrogen and oxygen atoms in total. The lowest BCUT2D eigenvalue weighted by Crippen LogP contribution is -2.15. The van der Waals surface area contributed by atoms with Crippen LogP contribution >= 0.6 is 0 Å². The van der Waals surface area contributed by atoms with Crippen molar-refractivity contribution in [2.75, 3.05) is 19.5 Å². The minimum atomic E-state index is -0.102. The largest absolute Gasteiger partial charge is 0.497 e. The number of hydrogen-bond acceptors (Lipinski definition) is 4. The molecular formula is C20H21N3O3. The predicted octanol–water partition coefficient (Wildman–Crippen LogP) is 3.58. The lowest BCUT2D eigenvalue weighted by Gasteiger charge is -2.08. The number of nitrogens with one attached hydrogen (secondary N) is 2. The average molecular weight is 351 g/mol. The third-order valence-corrected chi connectivity index (χ3v) is 4.10. The Morgan fingerprint density at radius 3 is 2.15 bits per heavy atom. The smallest absolute Gasteiger partial charge is 0.228 e. The van der Waals surface area contributed by atoms with Gasteiger partial charge in [0.1, 0.15) is 17.2 Å². The summed E-state index contributed by atoms with van der Waals surface area (Å²) in [6.45, 7) is 1.88. The van der Waals surface area contributed by atoms with Crippen molar-refractivity contribution < 1.29 is 14.3 Å². The van der Waals surface area contributed by atoms with Crippen LogP contribution in [0, 0.1) is 6.92 Å². The number of carbonyl (C=O) groups excluding carboxylic acids is 1. The topological polar surface area (TPSA) is 76.2 Å². The number of H-pyrrole nitrogens is 1. The highest BCUT2D eigenvalue weighted by molar-refractivity contribution is 5.96. The van der Waals surface area contributed by atoms with E-state index in [0.717, 1.165) is 28.3 Å². The monoisotopic (exact) mass is 351 g/mol. The van der Waals surface area contributed by atoms with E-state index in [0.29, 0.717) is 11.4 Å². The van der Waals surface area contributed by atoms with E-state index in [2.05, 4.69) is 15.5 Å². The summed E-state index contributed by atoms with van der Waals surface area (Å²) in [7, 11) is 3.24. The fraction of sp³-hybridized carbons (Fsp3) is 0.200. The molecule has 0 atom stereocenters. The van der Waals surface area contributed by atoms with Gasteiger partial charge in [-0.3, -0.25) is 9.89 Å². The van der Waals surface area contributed by atoms with Gasteiger partial charge in [-0.15, -0.1) is 0 Å². The van der Waals surface area contributed by atoms with Gasteiger partial charge in [-0.2, -0.15) is 5.10 Å². The first-order valence-corrected chi connectivity index (χ1v) is 8.23. The molecule has 3 rings (SSSR count). The molecule has 0 aliphatic heterocycles. The maximum atomic E-state index is 12.5. The summed E-state index contributed by atoms with van der Waals surface area (Å²) in [4.78, 5) is 12.5. The van der Waals surface area contributed by atoms with Crippen molar-refractivity contribution in [3.05, 3.63) is 59.8 Å². The van der Waals surface area contributed by atoms with Crippen LogP contribution in [0.2, 0.25) is 0 Å². The maximum absolute atomic E-state index is 12.5. The molecule has 0 saturated carbocycles. The average Bonchev–Trinajstić information content (AvgIpc) is 3.03. The minimum Gasteiger partial charge on any atom is -0.497 e. The van der Waals surface area contributed by atoms with Crippen LogP contribution in [0.1, 0.15) is 11.3 Å². The molecule has 26 heavy (non-hydrogen) atoms. The Balaban J connectivity index is 1.76. The van der Waals surface area contributed by atoms with Gasteiger partial charge in [0.05, 0.1) is 32.0 Å². The van der Waals surface area contributed by atoms with Gasteiger partial charge in [-0.1, -0.05) is 12.1 Å². The highest BCUT2D eigenvalue weighted by atomic mass is 16.5. The third kappa shape index (κ3) is 3.85. The second-order valence-electron chi connectivity index (χ2n) is 5.87. The molecule has 134 valence electrons. The van der Waals surface area contributed by atoms with Gasteiger partial charge in [-0.25, -0.2) is 0 Å². The first-order valence-electron chi connectivity index (χ1n) is 8.23. The zero-order valence-corrected chi connectivity index (χ0v) is 15.0. The third-order valence-electron chi connectivity index (χ3n) is 4.10. The van der Waals surface area contributed by atoms with Crippen LogP contribution in [-0.2, 0) is 11.2 Å². The van der Waals surface area contributed by atoms with Crippen molar-refractivity contribution in [1.82, 2.24) is 10.2 Å². The summed E-state index contributed by atoms with van der Waals surface area (Å²) in [6, 6.07) is 15.0. The molecule has 3 aromatic rings. The number of aryl methyl sites for hydroxylation is 1. The first kappa shape index (κ1) is 17.5. The number of anilines is 1. The minimum absolute atomic E-state index is 0.102. The predicted molar refractivity (Wildman–Crippen MR) is 101 cm³/mol. The van der Waals surface area contributed by atoms with Crippen LogP contribution < -0.4 is 14.8 Å². The number of ether oxygens (including phenoxy) is 2. The Morgan fingerprint density at radius 1 is 1.00 bits per heavy atom. The highest BCUT2D eigenvalue weighted by Gasteiger charge is 2.15. The molecule has 6 heteroatoms. The van der Waals surface area contributed by atoms with Crippen molar-refractivity contribution in [1.29, 1.82) is 0 Å². The zero-order chi connectivity index (χ0) is 18.5. The van der Waals surface area contributed by atoms with Gasteiger partial charge < -0.3 is 14.8 Å². The van der Waals surface area contributed by atoms with Crippen molar-refractivity contribution in [3.63, 3.8) is 0 Å². The molecule has 1 aromatic heterocycles. The number of carbonyl (C=O) groups is 1. The van der Waals surface area contributed by atoms with E-state index < -0.39 is 0 Å². The van der Waals surface area contributed by atoms with Crippen LogP contribution in [0.25, 0.3) is 11.3 Å². The summed E-state index contributed by atoms with van der Waals surface area (Å²) in [5, 5.41) is 10.2. The van der Waals surface area contributed by atoms with Gasteiger partial charge in [0.15, 0.2) is 0 Å². The van der Waals surface area contributed by atoms with Crippen molar-refractivity contribution >= 4 is 11.6 Å². The van der Waals surface area contributed by atoms with E-state index in [1.165, 1.54) is 0 Å².